The number of primary amides is 1. The van der Waals surface area contributed by atoms with Gasteiger partial charge in [-0.1, -0.05) is 37.3 Å². The second kappa shape index (κ2) is 6.35. The minimum Gasteiger partial charge on any atom is -0.497 e. The Balaban J connectivity index is 2.14. The molecule has 1 aliphatic rings. The first-order chi connectivity index (χ1) is 11.5. The number of urea groups is 1. The summed E-state index contributed by atoms with van der Waals surface area (Å²) in [4.78, 5) is 11.0. The Morgan fingerprint density at radius 3 is 2.67 bits per heavy atom. The summed E-state index contributed by atoms with van der Waals surface area (Å²) in [5.74, 6) is 0.806. The predicted molar refractivity (Wildman–Crippen MR) is 94.4 cm³/mol. The maximum Gasteiger partial charge on any atom is 0.332 e. The Labute approximate surface area is 141 Å². The van der Waals surface area contributed by atoms with Crippen LogP contribution in [0.15, 0.2) is 53.6 Å². The van der Waals surface area contributed by atoms with E-state index in [1.807, 2.05) is 18.2 Å². The van der Waals surface area contributed by atoms with E-state index in [1.165, 1.54) is 5.56 Å². The number of fused-ring (bicyclic) bond motifs is 1. The molecule has 24 heavy (non-hydrogen) atoms. The molecule has 0 spiro atoms. The van der Waals surface area contributed by atoms with Crippen molar-refractivity contribution in [1.82, 2.24) is 5.43 Å². The Kier molecular flexibility index (Phi) is 4.25. The first kappa shape index (κ1) is 16.1. The van der Waals surface area contributed by atoms with Gasteiger partial charge in [0, 0.05) is 11.0 Å². The number of methoxy groups -OCH3 is 1. The Hall–Kier alpha value is -2.82. The van der Waals surface area contributed by atoms with Gasteiger partial charge in [-0.2, -0.15) is 5.10 Å². The second-order valence-electron chi connectivity index (χ2n) is 6.14. The molecule has 0 unspecified atom stereocenters. The van der Waals surface area contributed by atoms with E-state index in [9.17, 15) is 4.79 Å². The molecular weight excluding hydrogens is 302 g/mol. The minimum absolute atomic E-state index is 0.142. The molecule has 0 fully saturated rings. The highest BCUT2D eigenvalue weighted by Gasteiger charge is 2.36. The van der Waals surface area contributed by atoms with Gasteiger partial charge in [-0.05, 0) is 42.2 Å². The lowest BCUT2D eigenvalue weighted by Gasteiger charge is -2.37. The highest BCUT2D eigenvalue weighted by atomic mass is 16.5. The number of nitrogens with two attached hydrogens (primary N) is 1. The molecule has 0 aliphatic heterocycles. The maximum atomic E-state index is 11.0. The van der Waals surface area contributed by atoms with Gasteiger partial charge in [0.05, 0.1) is 12.8 Å². The van der Waals surface area contributed by atoms with Crippen LogP contribution in [0.3, 0.4) is 0 Å². The molecule has 124 valence electrons. The van der Waals surface area contributed by atoms with Crippen molar-refractivity contribution in [3.63, 3.8) is 0 Å². The van der Waals surface area contributed by atoms with Crippen LogP contribution < -0.4 is 15.9 Å². The number of carbonyl (C=O) groups excluding carboxylic acids is 1. The summed E-state index contributed by atoms with van der Waals surface area (Å²) in [5.41, 5.74) is 11.6. The fourth-order valence-corrected chi connectivity index (χ4v) is 3.34. The van der Waals surface area contributed by atoms with Crippen molar-refractivity contribution >= 4 is 11.7 Å². The number of nitrogens with one attached hydrogen (secondary N) is 1. The molecule has 5 nitrogen and oxygen atoms in total. The van der Waals surface area contributed by atoms with E-state index >= 15 is 0 Å². The van der Waals surface area contributed by atoms with Gasteiger partial charge >= 0.3 is 6.03 Å². The van der Waals surface area contributed by atoms with Crippen molar-refractivity contribution in [3.05, 3.63) is 65.2 Å². The molecule has 1 atom stereocenters. The minimum atomic E-state index is -0.658. The fourth-order valence-electron chi connectivity index (χ4n) is 3.34. The lowest BCUT2D eigenvalue weighted by Crippen LogP contribution is -2.33. The van der Waals surface area contributed by atoms with Crippen LogP contribution in [0.4, 0.5) is 4.79 Å². The van der Waals surface area contributed by atoms with Gasteiger partial charge in [0.2, 0.25) is 0 Å². The smallest absolute Gasteiger partial charge is 0.332 e. The maximum absolute atomic E-state index is 11.0. The molecule has 5 heteroatoms. The number of hydrazone groups is 1. The Bertz CT molecular complexity index is 786. The highest BCUT2D eigenvalue weighted by Crippen LogP contribution is 2.43. The molecule has 0 radical (unpaired) electrons. The van der Waals surface area contributed by atoms with Gasteiger partial charge in [0.15, 0.2) is 0 Å². The summed E-state index contributed by atoms with van der Waals surface area (Å²) in [7, 11) is 1.66. The van der Waals surface area contributed by atoms with Gasteiger partial charge in [-0.25, -0.2) is 10.2 Å². The number of rotatable bonds is 3. The van der Waals surface area contributed by atoms with Crippen LogP contribution in [-0.2, 0) is 5.41 Å². The van der Waals surface area contributed by atoms with Crippen LogP contribution >= 0.6 is 0 Å². The molecule has 3 N–H and O–H groups in total. The number of benzene rings is 2. The Morgan fingerprint density at radius 2 is 2.00 bits per heavy atom. The summed E-state index contributed by atoms with van der Waals surface area (Å²) in [6, 6.07) is 15.7. The van der Waals surface area contributed by atoms with Crippen molar-refractivity contribution < 1.29 is 9.53 Å². The summed E-state index contributed by atoms with van der Waals surface area (Å²) in [6.07, 6.45) is 1.64. The monoisotopic (exact) mass is 323 g/mol. The van der Waals surface area contributed by atoms with Crippen LogP contribution in [0.2, 0.25) is 0 Å². The lowest BCUT2D eigenvalue weighted by molar-refractivity contribution is 0.249. The van der Waals surface area contributed by atoms with Gasteiger partial charge in [-0.3, -0.25) is 0 Å². The van der Waals surface area contributed by atoms with Crippen molar-refractivity contribution in [2.45, 2.75) is 25.2 Å². The SMILES string of the molecule is COc1ccc2c(c1)[C@](C)(c1ccccc1)CC/C2=N/NC(N)=O. The van der Waals surface area contributed by atoms with Gasteiger partial charge in [-0.15, -0.1) is 0 Å². The van der Waals surface area contributed by atoms with E-state index < -0.39 is 6.03 Å². The molecule has 0 bridgehead atoms. The van der Waals surface area contributed by atoms with Crippen LogP contribution in [0.1, 0.15) is 36.5 Å². The summed E-state index contributed by atoms with van der Waals surface area (Å²) in [6.45, 7) is 2.24. The van der Waals surface area contributed by atoms with E-state index in [0.717, 1.165) is 35.4 Å². The third-order valence-corrected chi connectivity index (χ3v) is 4.71. The van der Waals surface area contributed by atoms with Gasteiger partial charge in [0.25, 0.3) is 0 Å². The lowest BCUT2D eigenvalue weighted by atomic mass is 9.67. The average Bonchev–Trinajstić information content (AvgIpc) is 2.61. The van der Waals surface area contributed by atoms with Crippen LogP contribution in [0.25, 0.3) is 0 Å². The standard InChI is InChI=1S/C19H21N3O2/c1-19(13-6-4-3-5-7-13)11-10-17(21-22-18(20)23)15-9-8-14(24-2)12-16(15)19/h3-9,12H,10-11H2,1-2H3,(H3,20,22,23)/b21-17-/t19-/m0/s1. The number of amides is 2. The third kappa shape index (κ3) is 2.85. The average molecular weight is 323 g/mol. The topological polar surface area (TPSA) is 76.7 Å². The van der Waals surface area contributed by atoms with E-state index in [1.54, 1.807) is 7.11 Å². The summed E-state index contributed by atoms with van der Waals surface area (Å²) < 4.78 is 5.41. The zero-order valence-electron chi connectivity index (χ0n) is 13.9. The second-order valence-corrected chi connectivity index (χ2v) is 6.14. The predicted octanol–water partition coefficient (Wildman–Crippen LogP) is 3.17. The first-order valence-corrected chi connectivity index (χ1v) is 7.91. The normalized spacial score (nSPS) is 21.2. The number of hydrogen-bond acceptors (Lipinski definition) is 3. The van der Waals surface area contributed by atoms with Gasteiger partial charge in [0.1, 0.15) is 5.75 Å². The molecule has 2 aromatic rings. The molecular formula is C19H21N3O2. The number of carbonyl (C=O) groups is 1. The molecule has 2 aromatic carbocycles. The molecule has 1 aliphatic carbocycles. The van der Waals surface area contributed by atoms with Crippen molar-refractivity contribution in [3.8, 4) is 5.75 Å². The highest BCUT2D eigenvalue weighted by molar-refractivity contribution is 6.04. The quantitative estimate of drug-likeness (QED) is 0.851. The molecule has 0 saturated heterocycles. The number of hydrogen-bond donors (Lipinski definition) is 2. The molecule has 0 aromatic heterocycles. The fraction of sp³-hybridized carbons (Fsp3) is 0.263. The van der Waals surface area contributed by atoms with Gasteiger partial charge < -0.3 is 10.5 Å². The zero-order chi connectivity index (χ0) is 17.2. The largest absolute Gasteiger partial charge is 0.497 e. The zero-order valence-corrected chi connectivity index (χ0v) is 13.9. The van der Waals surface area contributed by atoms with Crippen LogP contribution in [0, 0.1) is 0 Å². The van der Waals surface area contributed by atoms with Crippen LogP contribution in [-0.4, -0.2) is 18.9 Å². The van der Waals surface area contributed by atoms with Crippen molar-refractivity contribution in [2.24, 2.45) is 10.8 Å². The third-order valence-electron chi connectivity index (χ3n) is 4.71. The van der Waals surface area contributed by atoms with E-state index in [-0.39, 0.29) is 5.41 Å². The van der Waals surface area contributed by atoms with Crippen LogP contribution in [0.5, 0.6) is 5.75 Å². The molecule has 0 heterocycles. The number of ether oxygens (including phenoxy) is 1. The molecule has 2 amide bonds. The Morgan fingerprint density at radius 1 is 1.25 bits per heavy atom. The molecule has 0 saturated carbocycles. The summed E-state index contributed by atoms with van der Waals surface area (Å²) in [5, 5.41) is 4.19. The van der Waals surface area contributed by atoms with Crippen molar-refractivity contribution in [2.75, 3.05) is 7.11 Å². The van der Waals surface area contributed by atoms with Crippen molar-refractivity contribution in [1.29, 1.82) is 0 Å². The van der Waals surface area contributed by atoms with E-state index in [0.29, 0.717) is 0 Å². The number of nitrogens with zero attached hydrogens (tertiary/aromatic N) is 1. The van der Waals surface area contributed by atoms with E-state index in [4.69, 9.17) is 10.5 Å². The summed E-state index contributed by atoms with van der Waals surface area (Å²) >= 11 is 0. The first-order valence-electron chi connectivity index (χ1n) is 7.91. The van der Waals surface area contributed by atoms with E-state index in [2.05, 4.69) is 47.8 Å². The molecule has 3 rings (SSSR count).